The van der Waals surface area contributed by atoms with Crippen LogP contribution in [0.1, 0.15) is 78.6 Å². The predicted octanol–water partition coefficient (Wildman–Crippen LogP) is 7.67. The van der Waals surface area contributed by atoms with Crippen LogP contribution in [0.25, 0.3) is 21.5 Å². The Morgan fingerprint density at radius 2 is 1.90 bits per heavy atom. The molecule has 1 fully saturated rings. The first-order valence-electron chi connectivity index (χ1n) is 11.1. The quantitative estimate of drug-likeness (QED) is 0.358. The molecule has 2 N–H and O–H groups in total. The SMILES string of the molecule is CCCC(=N)Cc1c(C(=O)O)sc2c(C3CCCCC3)c(-c3ccc(Cl)cc3)n(C)c12. The monoisotopic (exact) mass is 456 g/mol. The number of aryl methyl sites for hydroxylation is 1. The molecule has 3 aromatic rings. The fourth-order valence-corrected chi connectivity index (χ4v) is 6.50. The molecule has 164 valence electrons. The number of carboxylic acids is 1. The van der Waals surface area contributed by atoms with Gasteiger partial charge in [0.2, 0.25) is 0 Å². The van der Waals surface area contributed by atoms with Gasteiger partial charge in [0.05, 0.1) is 15.9 Å². The molecule has 0 radical (unpaired) electrons. The third-order valence-corrected chi connectivity index (χ3v) is 7.91. The van der Waals surface area contributed by atoms with Crippen LogP contribution in [0.3, 0.4) is 0 Å². The zero-order valence-electron chi connectivity index (χ0n) is 18.1. The maximum Gasteiger partial charge on any atom is 0.346 e. The smallest absolute Gasteiger partial charge is 0.346 e. The van der Waals surface area contributed by atoms with Gasteiger partial charge in [-0.1, -0.05) is 56.3 Å². The number of rotatable bonds is 7. The minimum Gasteiger partial charge on any atom is -0.477 e. The first-order valence-corrected chi connectivity index (χ1v) is 12.3. The molecule has 4 nitrogen and oxygen atoms in total. The van der Waals surface area contributed by atoms with Crippen molar-refractivity contribution in [3.05, 3.63) is 45.3 Å². The number of nitrogens with one attached hydrogen (secondary N) is 1. The normalized spacial score (nSPS) is 14.9. The molecule has 2 aromatic heterocycles. The lowest BCUT2D eigenvalue weighted by Crippen LogP contribution is -2.08. The Kier molecular flexibility index (Phi) is 6.54. The summed E-state index contributed by atoms with van der Waals surface area (Å²) < 4.78 is 3.27. The maximum absolute atomic E-state index is 12.1. The first-order chi connectivity index (χ1) is 14.9. The van der Waals surface area contributed by atoms with Gasteiger partial charge in [0.25, 0.3) is 0 Å². The Bertz CT molecular complexity index is 1120. The summed E-state index contributed by atoms with van der Waals surface area (Å²) in [5.41, 5.74) is 5.96. The highest BCUT2D eigenvalue weighted by molar-refractivity contribution is 7.21. The van der Waals surface area contributed by atoms with Crippen LogP contribution in [0.2, 0.25) is 5.02 Å². The van der Waals surface area contributed by atoms with Gasteiger partial charge in [-0.15, -0.1) is 11.3 Å². The number of nitrogens with zero attached hydrogens (tertiary/aromatic N) is 1. The van der Waals surface area contributed by atoms with E-state index in [0.717, 1.165) is 40.6 Å². The van der Waals surface area contributed by atoms with E-state index in [2.05, 4.69) is 23.6 Å². The maximum atomic E-state index is 12.1. The standard InChI is InChI=1S/C25H29ClN2O2S/c1-3-7-18(27)14-19-22-24(31-23(19)25(29)30)20(15-8-5-4-6-9-15)21(28(22)2)16-10-12-17(26)13-11-16/h10-13,15,27H,3-9,14H2,1-2H3,(H,29,30). The summed E-state index contributed by atoms with van der Waals surface area (Å²) in [6, 6.07) is 7.96. The second-order valence-electron chi connectivity index (χ2n) is 8.59. The molecule has 0 atom stereocenters. The van der Waals surface area contributed by atoms with Gasteiger partial charge in [-0.05, 0) is 48.4 Å². The highest BCUT2D eigenvalue weighted by Crippen LogP contribution is 2.48. The Labute approximate surface area is 192 Å². The Balaban J connectivity index is 1.98. The average Bonchev–Trinajstić information content (AvgIpc) is 3.25. The minimum atomic E-state index is -0.886. The van der Waals surface area contributed by atoms with E-state index in [4.69, 9.17) is 17.0 Å². The summed E-state index contributed by atoms with van der Waals surface area (Å²) in [4.78, 5) is 12.5. The van der Waals surface area contributed by atoms with Crippen molar-refractivity contribution >= 4 is 44.8 Å². The van der Waals surface area contributed by atoms with E-state index in [9.17, 15) is 9.90 Å². The zero-order valence-corrected chi connectivity index (χ0v) is 19.7. The van der Waals surface area contributed by atoms with Gasteiger partial charge in [-0.25, -0.2) is 4.79 Å². The highest BCUT2D eigenvalue weighted by atomic mass is 35.5. The van der Waals surface area contributed by atoms with Crippen LogP contribution in [-0.4, -0.2) is 21.4 Å². The van der Waals surface area contributed by atoms with Crippen LogP contribution in [0.5, 0.6) is 0 Å². The molecule has 0 unspecified atom stereocenters. The average molecular weight is 457 g/mol. The summed E-state index contributed by atoms with van der Waals surface area (Å²) in [7, 11) is 2.05. The summed E-state index contributed by atoms with van der Waals surface area (Å²) in [6.07, 6.45) is 7.97. The molecule has 0 spiro atoms. The van der Waals surface area contributed by atoms with Crippen LogP contribution >= 0.6 is 22.9 Å². The second-order valence-corrected chi connectivity index (χ2v) is 10.0. The third-order valence-electron chi connectivity index (χ3n) is 6.42. The number of thiophene rings is 1. The molecule has 0 saturated heterocycles. The van der Waals surface area contributed by atoms with Crippen molar-refractivity contribution < 1.29 is 9.90 Å². The van der Waals surface area contributed by atoms with Gasteiger partial charge in [0.15, 0.2) is 0 Å². The van der Waals surface area contributed by atoms with Crippen molar-refractivity contribution in [2.75, 3.05) is 0 Å². The number of carbonyl (C=O) groups is 1. The van der Waals surface area contributed by atoms with Gasteiger partial charge < -0.3 is 15.1 Å². The molecular formula is C25H29ClN2O2S. The predicted molar refractivity (Wildman–Crippen MR) is 130 cm³/mol. The number of carboxylic acid groups (broad SMARTS) is 1. The van der Waals surface area contributed by atoms with Gasteiger partial charge >= 0.3 is 5.97 Å². The van der Waals surface area contributed by atoms with Gasteiger partial charge in [0, 0.05) is 29.8 Å². The van der Waals surface area contributed by atoms with E-state index in [0.29, 0.717) is 34.4 Å². The van der Waals surface area contributed by atoms with Crippen LogP contribution < -0.4 is 0 Å². The summed E-state index contributed by atoms with van der Waals surface area (Å²) in [5, 5.41) is 19.0. The first kappa shape index (κ1) is 22.1. The molecule has 1 aliphatic rings. The molecular weight excluding hydrogens is 428 g/mol. The lowest BCUT2D eigenvalue weighted by atomic mass is 9.83. The molecule has 1 saturated carbocycles. The van der Waals surface area contributed by atoms with Crippen LogP contribution in [0, 0.1) is 5.41 Å². The Morgan fingerprint density at radius 3 is 2.52 bits per heavy atom. The minimum absolute atomic E-state index is 0.390. The zero-order chi connectivity index (χ0) is 22.1. The number of fused-ring (bicyclic) bond motifs is 1. The van der Waals surface area contributed by atoms with Gasteiger partial charge in [-0.3, -0.25) is 0 Å². The van der Waals surface area contributed by atoms with Crippen LogP contribution in [-0.2, 0) is 13.5 Å². The molecule has 4 rings (SSSR count). The highest BCUT2D eigenvalue weighted by Gasteiger charge is 2.31. The van der Waals surface area contributed by atoms with E-state index >= 15 is 0 Å². The van der Waals surface area contributed by atoms with Crippen molar-refractivity contribution in [2.45, 2.75) is 64.2 Å². The molecule has 2 heterocycles. The van der Waals surface area contributed by atoms with Crippen molar-refractivity contribution in [1.82, 2.24) is 4.57 Å². The second kappa shape index (κ2) is 9.17. The number of hydrogen-bond donors (Lipinski definition) is 2. The molecule has 0 bridgehead atoms. The number of benzene rings is 1. The summed E-state index contributed by atoms with van der Waals surface area (Å²) in [5.74, 6) is -0.450. The van der Waals surface area contributed by atoms with Crippen molar-refractivity contribution in [2.24, 2.45) is 7.05 Å². The lowest BCUT2D eigenvalue weighted by molar-refractivity contribution is 0.0701. The molecule has 1 aliphatic carbocycles. The lowest BCUT2D eigenvalue weighted by Gasteiger charge is -2.23. The molecule has 0 amide bonds. The van der Waals surface area contributed by atoms with E-state index in [-0.39, 0.29) is 0 Å². The molecule has 0 aliphatic heterocycles. The van der Waals surface area contributed by atoms with Crippen molar-refractivity contribution in [3.63, 3.8) is 0 Å². The van der Waals surface area contributed by atoms with Gasteiger partial charge in [0.1, 0.15) is 4.88 Å². The van der Waals surface area contributed by atoms with Crippen molar-refractivity contribution in [1.29, 1.82) is 5.41 Å². The van der Waals surface area contributed by atoms with Crippen molar-refractivity contribution in [3.8, 4) is 11.3 Å². The fraction of sp³-hybridized carbons (Fsp3) is 0.440. The summed E-state index contributed by atoms with van der Waals surface area (Å²) >= 11 is 7.56. The number of aromatic nitrogens is 1. The number of hydrogen-bond acceptors (Lipinski definition) is 3. The number of halogens is 1. The largest absolute Gasteiger partial charge is 0.477 e. The van der Waals surface area contributed by atoms with E-state index in [1.54, 1.807) is 0 Å². The number of aromatic carboxylic acids is 1. The van der Waals surface area contributed by atoms with E-state index in [1.807, 2.05) is 19.2 Å². The summed E-state index contributed by atoms with van der Waals surface area (Å²) in [6.45, 7) is 2.05. The van der Waals surface area contributed by atoms with Crippen LogP contribution in [0.4, 0.5) is 0 Å². The topological polar surface area (TPSA) is 66.1 Å². The van der Waals surface area contributed by atoms with Gasteiger partial charge in [-0.2, -0.15) is 0 Å². The molecule has 31 heavy (non-hydrogen) atoms. The Hall–Kier alpha value is -2.11. The third kappa shape index (κ3) is 4.18. The molecule has 1 aromatic carbocycles. The fourth-order valence-electron chi connectivity index (χ4n) is 5.06. The van der Waals surface area contributed by atoms with E-state index < -0.39 is 5.97 Å². The Morgan fingerprint density at radius 1 is 1.23 bits per heavy atom. The molecule has 6 heteroatoms. The van der Waals surface area contributed by atoms with Crippen LogP contribution in [0.15, 0.2) is 24.3 Å². The van der Waals surface area contributed by atoms with E-state index in [1.165, 1.54) is 41.9 Å².